The second kappa shape index (κ2) is 8.78. The predicted molar refractivity (Wildman–Crippen MR) is 90.9 cm³/mol. The van der Waals surface area contributed by atoms with Crippen LogP contribution in [-0.4, -0.2) is 10.9 Å². The van der Waals surface area contributed by atoms with Crippen LogP contribution in [0.2, 0.25) is 0 Å². The Balaban J connectivity index is 1.84. The molecule has 6 heteroatoms. The van der Waals surface area contributed by atoms with Crippen LogP contribution in [-0.2, 0) is 16.2 Å². The van der Waals surface area contributed by atoms with Crippen LogP contribution in [0, 0.1) is 27.9 Å². The van der Waals surface area contributed by atoms with Crippen molar-refractivity contribution in [3.05, 3.63) is 39.9 Å². The topological polar surface area (TPSA) is 81.5 Å². The smallest absolute Gasteiger partial charge is 0.328 e. The largest absolute Gasteiger partial charge is 0.370 e. The first-order valence-electron chi connectivity index (χ1n) is 8.64. The van der Waals surface area contributed by atoms with E-state index in [4.69, 9.17) is 4.84 Å². The number of benzene rings is 1. The number of hydrogen-bond donors (Lipinski definition) is 1. The molecular weight excluding hydrogens is 308 g/mol. The summed E-state index contributed by atoms with van der Waals surface area (Å²) in [6.45, 7) is 4.59. The van der Waals surface area contributed by atoms with Crippen molar-refractivity contribution in [1.29, 1.82) is 0 Å². The number of carbonyl (C=O) groups is 1. The van der Waals surface area contributed by atoms with E-state index >= 15 is 0 Å². The Morgan fingerprint density at radius 2 is 1.92 bits per heavy atom. The van der Waals surface area contributed by atoms with Gasteiger partial charge in [-0.2, -0.15) is 0 Å². The van der Waals surface area contributed by atoms with Gasteiger partial charge in [0.1, 0.15) is 0 Å². The number of nitro benzene ring substituents is 1. The fourth-order valence-electron chi connectivity index (χ4n) is 3.35. The molecule has 132 valence electrons. The maximum absolute atomic E-state index is 12.4. The van der Waals surface area contributed by atoms with Crippen molar-refractivity contribution in [2.75, 3.05) is 0 Å². The average Bonchev–Trinajstić information content (AvgIpc) is 3.07. The van der Waals surface area contributed by atoms with Crippen LogP contribution in [0.15, 0.2) is 24.3 Å². The summed E-state index contributed by atoms with van der Waals surface area (Å²) in [5, 5.41) is 10.6. The van der Waals surface area contributed by atoms with Crippen molar-refractivity contribution in [2.45, 2.75) is 52.5 Å². The molecule has 1 N–H and O–H groups in total. The van der Waals surface area contributed by atoms with Crippen LogP contribution in [0.25, 0.3) is 0 Å². The van der Waals surface area contributed by atoms with Crippen LogP contribution in [0.3, 0.4) is 0 Å². The molecule has 24 heavy (non-hydrogen) atoms. The normalized spacial score (nSPS) is 16.3. The van der Waals surface area contributed by atoms with Gasteiger partial charge < -0.3 is 4.84 Å². The number of rotatable bonds is 8. The summed E-state index contributed by atoms with van der Waals surface area (Å²) < 4.78 is 0. The van der Waals surface area contributed by atoms with Gasteiger partial charge in [0.25, 0.3) is 5.69 Å². The number of nitro groups is 1. The fraction of sp³-hybridized carbons (Fsp3) is 0.611. The van der Waals surface area contributed by atoms with E-state index in [2.05, 4.69) is 19.3 Å². The number of nitrogens with zero attached hydrogens (tertiary/aromatic N) is 1. The van der Waals surface area contributed by atoms with E-state index < -0.39 is 4.92 Å². The van der Waals surface area contributed by atoms with Crippen molar-refractivity contribution < 1.29 is 14.6 Å². The molecule has 1 aromatic carbocycles. The zero-order valence-electron chi connectivity index (χ0n) is 14.4. The van der Waals surface area contributed by atoms with Crippen LogP contribution in [0.1, 0.15) is 51.5 Å². The molecule has 0 amide bonds. The number of hydrogen-bond acceptors (Lipinski definition) is 5. The van der Waals surface area contributed by atoms with E-state index in [1.54, 1.807) is 12.1 Å². The first kappa shape index (κ1) is 18.4. The molecule has 1 aliphatic rings. The molecule has 6 nitrogen and oxygen atoms in total. The number of non-ortho nitro benzene ring substituents is 1. The summed E-state index contributed by atoms with van der Waals surface area (Å²) in [5.41, 5.74) is 3.59. The Morgan fingerprint density at radius 3 is 2.46 bits per heavy atom. The minimum absolute atomic E-state index is 0.0446. The molecule has 0 radical (unpaired) electrons. The van der Waals surface area contributed by atoms with Crippen LogP contribution in [0.4, 0.5) is 5.69 Å². The molecule has 1 atom stereocenters. The minimum Gasteiger partial charge on any atom is -0.370 e. The van der Waals surface area contributed by atoms with E-state index in [0.717, 1.165) is 24.8 Å². The van der Waals surface area contributed by atoms with Gasteiger partial charge in [0.2, 0.25) is 0 Å². The lowest BCUT2D eigenvalue weighted by Gasteiger charge is -2.23. The van der Waals surface area contributed by atoms with Crippen LogP contribution in [0.5, 0.6) is 0 Å². The molecule has 0 heterocycles. The van der Waals surface area contributed by atoms with Gasteiger partial charge in [-0.15, -0.1) is 5.48 Å². The Labute approximate surface area is 142 Å². The predicted octanol–water partition coefficient (Wildman–Crippen LogP) is 4.00. The number of nitrogens with one attached hydrogen (secondary N) is 1. The Morgan fingerprint density at radius 1 is 1.29 bits per heavy atom. The maximum Gasteiger partial charge on any atom is 0.328 e. The van der Waals surface area contributed by atoms with Gasteiger partial charge >= 0.3 is 5.97 Å². The highest BCUT2D eigenvalue weighted by atomic mass is 16.7. The minimum atomic E-state index is -0.435. The Bertz CT molecular complexity index is 551. The molecule has 0 aromatic heterocycles. The third kappa shape index (κ3) is 5.30. The molecule has 0 saturated heterocycles. The van der Waals surface area contributed by atoms with E-state index in [9.17, 15) is 14.9 Å². The molecule has 1 aliphatic carbocycles. The third-order valence-electron chi connectivity index (χ3n) is 4.59. The van der Waals surface area contributed by atoms with E-state index in [1.165, 1.54) is 25.0 Å². The fourth-order valence-corrected chi connectivity index (χ4v) is 3.35. The monoisotopic (exact) mass is 334 g/mol. The second-order valence-electron chi connectivity index (χ2n) is 6.95. The SMILES string of the molecule is CC(C)CC(C(=O)ONCc1ccc([N+](=O)[O-])cc1)C1CCCC1. The van der Waals surface area contributed by atoms with Gasteiger partial charge in [0.15, 0.2) is 0 Å². The summed E-state index contributed by atoms with van der Waals surface area (Å²) in [6, 6.07) is 6.20. The number of hydroxylamine groups is 1. The van der Waals surface area contributed by atoms with E-state index in [1.807, 2.05) is 0 Å². The van der Waals surface area contributed by atoms with Crippen molar-refractivity contribution in [1.82, 2.24) is 5.48 Å². The van der Waals surface area contributed by atoms with Gasteiger partial charge in [-0.1, -0.05) is 38.8 Å². The molecule has 0 spiro atoms. The molecule has 0 aliphatic heterocycles. The molecular formula is C18H26N2O4. The molecule has 0 bridgehead atoms. The zero-order valence-corrected chi connectivity index (χ0v) is 14.4. The lowest BCUT2D eigenvalue weighted by Crippen LogP contribution is -2.30. The van der Waals surface area contributed by atoms with Crippen molar-refractivity contribution in [2.24, 2.45) is 17.8 Å². The maximum atomic E-state index is 12.4. The van der Waals surface area contributed by atoms with Crippen LogP contribution >= 0.6 is 0 Å². The van der Waals surface area contributed by atoms with Crippen molar-refractivity contribution >= 4 is 11.7 Å². The summed E-state index contributed by atoms with van der Waals surface area (Å²) in [4.78, 5) is 27.9. The highest BCUT2D eigenvalue weighted by Gasteiger charge is 2.32. The Kier molecular flexibility index (Phi) is 6.73. The van der Waals surface area contributed by atoms with Gasteiger partial charge in [0, 0.05) is 12.1 Å². The van der Waals surface area contributed by atoms with Gasteiger partial charge in [-0.05, 0) is 36.7 Å². The summed E-state index contributed by atoms with van der Waals surface area (Å²) in [6.07, 6.45) is 5.46. The summed E-state index contributed by atoms with van der Waals surface area (Å²) >= 11 is 0. The molecule has 1 unspecified atom stereocenters. The standard InChI is InChI=1S/C18H26N2O4/c1-13(2)11-17(15-5-3-4-6-15)18(21)24-19-12-14-7-9-16(10-8-14)20(22)23/h7-10,13,15,17,19H,3-6,11-12H2,1-2H3. The lowest BCUT2D eigenvalue weighted by molar-refractivity contribution is -0.384. The zero-order chi connectivity index (χ0) is 17.5. The van der Waals surface area contributed by atoms with Gasteiger partial charge in [0.05, 0.1) is 17.4 Å². The lowest BCUT2D eigenvalue weighted by atomic mass is 9.84. The molecule has 1 saturated carbocycles. The first-order chi connectivity index (χ1) is 11.5. The van der Waals surface area contributed by atoms with E-state index in [0.29, 0.717) is 18.4 Å². The summed E-state index contributed by atoms with van der Waals surface area (Å²) in [5.74, 6) is 0.660. The third-order valence-corrected chi connectivity index (χ3v) is 4.59. The summed E-state index contributed by atoms with van der Waals surface area (Å²) in [7, 11) is 0. The number of carbonyl (C=O) groups excluding carboxylic acids is 1. The highest BCUT2D eigenvalue weighted by molar-refractivity contribution is 5.72. The highest BCUT2D eigenvalue weighted by Crippen LogP contribution is 2.35. The van der Waals surface area contributed by atoms with Crippen molar-refractivity contribution in [3.8, 4) is 0 Å². The van der Waals surface area contributed by atoms with Gasteiger partial charge in [-0.3, -0.25) is 14.9 Å². The van der Waals surface area contributed by atoms with E-state index in [-0.39, 0.29) is 17.6 Å². The average molecular weight is 334 g/mol. The second-order valence-corrected chi connectivity index (χ2v) is 6.95. The van der Waals surface area contributed by atoms with Crippen molar-refractivity contribution in [3.63, 3.8) is 0 Å². The molecule has 1 aromatic rings. The first-order valence-corrected chi connectivity index (χ1v) is 8.64. The molecule has 2 rings (SSSR count). The quantitative estimate of drug-likeness (QED) is 0.574. The van der Waals surface area contributed by atoms with Gasteiger partial charge in [-0.25, -0.2) is 0 Å². The van der Waals surface area contributed by atoms with Crippen LogP contribution < -0.4 is 5.48 Å². The Hall–Kier alpha value is -1.95. The molecule has 1 fully saturated rings.